The van der Waals surface area contributed by atoms with Gasteiger partial charge in [0.1, 0.15) is 23.1 Å². The van der Waals surface area contributed by atoms with Crippen molar-refractivity contribution in [3.05, 3.63) is 66.7 Å². The number of nitrogens with zero attached hydrogens (tertiary/aromatic N) is 1. The fourth-order valence-electron chi connectivity index (χ4n) is 8.10. The minimum absolute atomic E-state index is 0.0253. The van der Waals surface area contributed by atoms with Crippen LogP contribution in [0.4, 0.5) is 5.69 Å². The van der Waals surface area contributed by atoms with Gasteiger partial charge in [-0.1, -0.05) is 56.5 Å². The summed E-state index contributed by atoms with van der Waals surface area (Å²) in [6.45, 7) is 2.25. The number of nitrogens with one attached hydrogen (secondary N) is 2. The van der Waals surface area contributed by atoms with E-state index in [2.05, 4.69) is 17.6 Å². The van der Waals surface area contributed by atoms with E-state index in [0.29, 0.717) is 17.4 Å². The van der Waals surface area contributed by atoms with E-state index in [1.165, 1.54) is 6.42 Å². The van der Waals surface area contributed by atoms with Crippen LogP contribution >= 0.6 is 0 Å². The predicted molar refractivity (Wildman–Crippen MR) is 162 cm³/mol. The number of rotatable bonds is 7. The average Bonchev–Trinajstić information content (AvgIpc) is 3.67. The first-order chi connectivity index (χ1) is 20.9. The molecule has 43 heavy (non-hydrogen) atoms. The van der Waals surface area contributed by atoms with E-state index in [1.807, 2.05) is 47.4 Å². The van der Waals surface area contributed by atoms with Crippen molar-refractivity contribution in [1.82, 2.24) is 10.2 Å². The first kappa shape index (κ1) is 28.1. The average molecular weight is 584 g/mol. The third-order valence-corrected chi connectivity index (χ3v) is 10.3. The molecule has 2 aromatic carbocycles. The molecule has 8 heteroatoms. The maximum absolute atomic E-state index is 14.4. The van der Waals surface area contributed by atoms with Crippen molar-refractivity contribution < 1.29 is 23.9 Å². The predicted octanol–water partition coefficient (Wildman–Crippen LogP) is 5.60. The molecule has 3 aliphatic heterocycles. The number of fused-ring (bicyclic) bond motifs is 1. The second-order valence-corrected chi connectivity index (χ2v) is 13.1. The van der Waals surface area contributed by atoms with Crippen LogP contribution in [0.15, 0.2) is 66.7 Å². The van der Waals surface area contributed by atoms with Crippen molar-refractivity contribution in [3.8, 4) is 11.5 Å². The smallest absolute Gasteiger partial charge is 0.246 e. The van der Waals surface area contributed by atoms with Gasteiger partial charge in [0.2, 0.25) is 17.7 Å². The molecule has 5 aliphatic rings. The molecule has 3 amide bonds. The number of carbonyl (C=O) groups is 3. The molecule has 5 atom stereocenters. The van der Waals surface area contributed by atoms with E-state index in [0.717, 1.165) is 57.1 Å². The Hall–Kier alpha value is -3.65. The Morgan fingerprint density at radius 2 is 1.58 bits per heavy atom. The van der Waals surface area contributed by atoms with Gasteiger partial charge in [-0.05, 0) is 80.8 Å². The van der Waals surface area contributed by atoms with Crippen molar-refractivity contribution in [1.29, 1.82) is 0 Å². The molecule has 7 rings (SSSR count). The summed E-state index contributed by atoms with van der Waals surface area (Å²) in [6, 6.07) is 16.0. The van der Waals surface area contributed by atoms with E-state index in [1.54, 1.807) is 24.3 Å². The summed E-state index contributed by atoms with van der Waals surface area (Å²) >= 11 is 0. The van der Waals surface area contributed by atoms with Gasteiger partial charge in [-0.15, -0.1) is 0 Å². The largest absolute Gasteiger partial charge is 0.457 e. The quantitative estimate of drug-likeness (QED) is 0.414. The maximum atomic E-state index is 14.4. The Labute approximate surface area is 253 Å². The van der Waals surface area contributed by atoms with Crippen LogP contribution in [-0.4, -0.2) is 52.5 Å². The highest BCUT2D eigenvalue weighted by Crippen LogP contribution is 2.56. The molecule has 2 aliphatic carbocycles. The van der Waals surface area contributed by atoms with Crippen LogP contribution in [0.2, 0.25) is 0 Å². The summed E-state index contributed by atoms with van der Waals surface area (Å²) in [5.41, 5.74) is -0.514. The minimum Gasteiger partial charge on any atom is -0.457 e. The van der Waals surface area contributed by atoms with Crippen LogP contribution < -0.4 is 15.4 Å². The van der Waals surface area contributed by atoms with Gasteiger partial charge >= 0.3 is 0 Å². The molecule has 2 saturated carbocycles. The molecule has 1 spiro atoms. The fraction of sp³-hybridized carbons (Fsp3) is 0.514. The number of hydrogen-bond acceptors (Lipinski definition) is 5. The normalized spacial score (nSPS) is 33.3. The number of para-hydroxylation sites is 1. The molecular weight excluding hydrogens is 542 g/mol. The zero-order valence-corrected chi connectivity index (χ0v) is 24.7. The van der Waals surface area contributed by atoms with E-state index in [-0.39, 0.29) is 29.8 Å². The molecule has 4 fully saturated rings. The Morgan fingerprint density at radius 3 is 2.30 bits per heavy atom. The lowest BCUT2D eigenvalue weighted by molar-refractivity contribution is -0.145. The van der Waals surface area contributed by atoms with E-state index in [4.69, 9.17) is 9.47 Å². The number of likely N-dealkylation sites (tertiary alicyclic amines) is 1. The number of anilines is 1. The third kappa shape index (κ3) is 5.13. The Morgan fingerprint density at radius 1 is 0.884 bits per heavy atom. The zero-order chi connectivity index (χ0) is 29.6. The summed E-state index contributed by atoms with van der Waals surface area (Å²) in [5, 5.41) is 6.32. The number of benzene rings is 2. The van der Waals surface area contributed by atoms with Crippen molar-refractivity contribution in [2.24, 2.45) is 17.8 Å². The van der Waals surface area contributed by atoms with Crippen LogP contribution in [0.25, 0.3) is 0 Å². The fourth-order valence-corrected chi connectivity index (χ4v) is 8.10. The van der Waals surface area contributed by atoms with Gasteiger partial charge in [-0.2, -0.15) is 0 Å². The van der Waals surface area contributed by atoms with Crippen molar-refractivity contribution in [3.63, 3.8) is 0 Å². The second-order valence-electron chi connectivity index (χ2n) is 13.1. The number of hydrogen-bond donors (Lipinski definition) is 2. The van der Waals surface area contributed by atoms with Gasteiger partial charge < -0.3 is 25.0 Å². The standard InChI is InChI=1S/C35H41N3O5/c1-22-12-16-25(17-13-22)38-31(33(40)37-23-8-4-2-5-9-23)35-21-20-28(43-35)29(30(35)34(38)41)32(39)36-24-14-18-27(19-15-24)42-26-10-6-3-7-11-26/h3,6-7,10-11,14-15,18-23,25,28-31H,2,4-5,8-9,12-13,16-17H2,1H3,(H,36,39)(H,37,40)/t22?,25?,28-,29-,30-,31-,35+/m1/s1. The van der Waals surface area contributed by atoms with Gasteiger partial charge in [-0.25, -0.2) is 0 Å². The summed E-state index contributed by atoms with van der Waals surface area (Å²) in [7, 11) is 0. The molecule has 2 bridgehead atoms. The highest BCUT2D eigenvalue weighted by Gasteiger charge is 2.73. The van der Waals surface area contributed by atoms with E-state index in [9.17, 15) is 14.4 Å². The highest BCUT2D eigenvalue weighted by molar-refractivity contribution is 6.03. The van der Waals surface area contributed by atoms with Crippen LogP contribution in [0.3, 0.4) is 0 Å². The second kappa shape index (κ2) is 11.5. The Bertz CT molecular complexity index is 1380. The van der Waals surface area contributed by atoms with Crippen molar-refractivity contribution in [2.75, 3.05) is 5.32 Å². The monoisotopic (exact) mass is 583 g/mol. The molecule has 3 heterocycles. The third-order valence-electron chi connectivity index (χ3n) is 10.3. The number of carbonyl (C=O) groups excluding carboxylic acids is 3. The van der Waals surface area contributed by atoms with Gasteiger partial charge in [-0.3, -0.25) is 14.4 Å². The van der Waals surface area contributed by atoms with Gasteiger partial charge in [0, 0.05) is 17.8 Å². The van der Waals surface area contributed by atoms with Gasteiger partial charge in [0.25, 0.3) is 0 Å². The molecule has 2 aromatic rings. The van der Waals surface area contributed by atoms with Crippen LogP contribution in [0.5, 0.6) is 11.5 Å². The van der Waals surface area contributed by atoms with Crippen LogP contribution in [0, 0.1) is 17.8 Å². The molecule has 2 N–H and O–H groups in total. The van der Waals surface area contributed by atoms with Crippen molar-refractivity contribution in [2.45, 2.75) is 94.5 Å². The molecular formula is C35H41N3O5. The lowest BCUT2D eigenvalue weighted by atomic mass is 9.74. The number of amides is 3. The summed E-state index contributed by atoms with van der Waals surface area (Å²) in [4.78, 5) is 44.2. The number of ether oxygens (including phenoxy) is 2. The van der Waals surface area contributed by atoms with Crippen LogP contribution in [-0.2, 0) is 19.1 Å². The van der Waals surface area contributed by atoms with Gasteiger partial charge in [0.15, 0.2) is 0 Å². The lowest BCUT2D eigenvalue weighted by Crippen LogP contribution is -2.58. The van der Waals surface area contributed by atoms with E-state index >= 15 is 0 Å². The molecule has 8 nitrogen and oxygen atoms in total. The topological polar surface area (TPSA) is 97.0 Å². The van der Waals surface area contributed by atoms with Crippen molar-refractivity contribution >= 4 is 23.4 Å². The first-order valence-corrected chi connectivity index (χ1v) is 16.1. The molecule has 0 aromatic heterocycles. The van der Waals surface area contributed by atoms with Gasteiger partial charge in [0.05, 0.1) is 17.9 Å². The maximum Gasteiger partial charge on any atom is 0.246 e. The summed E-state index contributed by atoms with van der Waals surface area (Å²) < 4.78 is 12.4. The summed E-state index contributed by atoms with van der Waals surface area (Å²) in [5.74, 6) is 0.0236. The first-order valence-electron chi connectivity index (χ1n) is 16.1. The summed E-state index contributed by atoms with van der Waals surface area (Å²) in [6.07, 6.45) is 12.4. The lowest BCUT2D eigenvalue weighted by Gasteiger charge is -2.40. The highest BCUT2D eigenvalue weighted by atomic mass is 16.5. The molecule has 226 valence electrons. The molecule has 0 unspecified atom stereocenters. The van der Waals surface area contributed by atoms with Crippen LogP contribution in [0.1, 0.15) is 64.7 Å². The minimum atomic E-state index is -1.13. The Kier molecular flexibility index (Phi) is 7.49. The van der Waals surface area contributed by atoms with E-state index < -0.39 is 29.6 Å². The Balaban J connectivity index is 1.12. The molecule has 2 saturated heterocycles. The molecule has 0 radical (unpaired) electrons. The SMILES string of the molecule is CC1CCC(N2C(=O)[C@H]3[C@H](C(=O)Nc4ccc(Oc5ccccc5)cc4)[C@H]4C=C[C@@]3(O4)[C@H]2C(=O)NC2CCCCC2)CC1. The zero-order valence-electron chi connectivity index (χ0n) is 24.7.